The van der Waals surface area contributed by atoms with Crippen molar-refractivity contribution in [2.24, 2.45) is 0 Å². The SMILES string of the molecule is Cc1cc(O[C@@H]2CCN(S(=O)[O-])C2)cc(C)c1Br. The van der Waals surface area contributed by atoms with E-state index in [1.165, 1.54) is 4.31 Å². The molecule has 1 aliphatic heterocycles. The largest absolute Gasteiger partial charge is 0.760 e. The standard InChI is InChI=1S/C12H16BrNO3S/c1-8-5-11(6-9(2)12(8)13)17-10-3-4-14(7-10)18(15)16/h5-6,10H,3-4,7H2,1-2H3,(H,15,16)/p-1/t10-/m1/s1. The first kappa shape index (κ1) is 14.0. The van der Waals surface area contributed by atoms with Crippen molar-refractivity contribution in [2.75, 3.05) is 13.1 Å². The van der Waals surface area contributed by atoms with E-state index in [1.54, 1.807) is 0 Å². The second-order valence-corrected chi connectivity index (χ2v) is 6.25. The van der Waals surface area contributed by atoms with E-state index in [9.17, 15) is 8.76 Å². The van der Waals surface area contributed by atoms with Crippen LogP contribution in [0.3, 0.4) is 0 Å². The van der Waals surface area contributed by atoms with Crippen molar-refractivity contribution in [3.8, 4) is 5.75 Å². The van der Waals surface area contributed by atoms with E-state index in [-0.39, 0.29) is 6.10 Å². The van der Waals surface area contributed by atoms with Crippen LogP contribution in [0.1, 0.15) is 17.5 Å². The van der Waals surface area contributed by atoms with Gasteiger partial charge in [-0.05, 0) is 43.5 Å². The van der Waals surface area contributed by atoms with E-state index in [2.05, 4.69) is 15.9 Å². The van der Waals surface area contributed by atoms with Gasteiger partial charge in [-0.1, -0.05) is 15.9 Å². The number of ether oxygens (including phenoxy) is 1. The highest BCUT2D eigenvalue weighted by atomic mass is 79.9. The van der Waals surface area contributed by atoms with Gasteiger partial charge in [0, 0.05) is 28.8 Å². The van der Waals surface area contributed by atoms with Gasteiger partial charge in [-0.25, -0.2) is 4.31 Å². The van der Waals surface area contributed by atoms with Crippen molar-refractivity contribution in [3.63, 3.8) is 0 Å². The van der Waals surface area contributed by atoms with Crippen LogP contribution in [-0.4, -0.2) is 32.3 Å². The minimum Gasteiger partial charge on any atom is -0.760 e. The molecule has 1 unspecified atom stereocenters. The molecule has 1 fully saturated rings. The summed E-state index contributed by atoms with van der Waals surface area (Å²) in [4.78, 5) is 0. The Labute approximate surface area is 118 Å². The predicted octanol–water partition coefficient (Wildman–Crippen LogP) is 2.31. The van der Waals surface area contributed by atoms with Gasteiger partial charge in [0.05, 0.1) is 0 Å². The summed E-state index contributed by atoms with van der Waals surface area (Å²) in [6.45, 7) is 4.99. The Hall–Kier alpha value is -0.430. The Morgan fingerprint density at radius 3 is 2.56 bits per heavy atom. The summed E-state index contributed by atoms with van der Waals surface area (Å²) in [6, 6.07) is 3.93. The lowest BCUT2D eigenvalue weighted by Crippen LogP contribution is -2.26. The lowest BCUT2D eigenvalue weighted by molar-refractivity contribution is 0.214. The third-order valence-corrected chi connectivity index (χ3v) is 5.04. The van der Waals surface area contributed by atoms with Gasteiger partial charge < -0.3 is 9.29 Å². The zero-order chi connectivity index (χ0) is 13.3. The first-order valence-electron chi connectivity index (χ1n) is 5.75. The Bertz CT molecular complexity index is 457. The number of halogens is 1. The molecule has 100 valence electrons. The molecule has 6 heteroatoms. The van der Waals surface area contributed by atoms with Crippen molar-refractivity contribution in [2.45, 2.75) is 26.4 Å². The molecule has 0 saturated carbocycles. The molecule has 0 amide bonds. The summed E-state index contributed by atoms with van der Waals surface area (Å²) in [5, 5.41) is 0. The molecule has 1 heterocycles. The molecule has 4 nitrogen and oxygen atoms in total. The van der Waals surface area contributed by atoms with Crippen LogP contribution in [0.5, 0.6) is 5.75 Å². The van der Waals surface area contributed by atoms with E-state index < -0.39 is 11.3 Å². The maximum Gasteiger partial charge on any atom is 0.120 e. The lowest BCUT2D eigenvalue weighted by Gasteiger charge is -2.19. The maximum atomic E-state index is 10.8. The number of benzene rings is 1. The lowest BCUT2D eigenvalue weighted by atomic mass is 10.1. The Morgan fingerprint density at radius 2 is 2.06 bits per heavy atom. The normalized spacial score (nSPS) is 22.1. The fourth-order valence-corrected chi connectivity index (χ4v) is 2.87. The molecular weight excluding hydrogens is 318 g/mol. The predicted molar refractivity (Wildman–Crippen MR) is 73.1 cm³/mol. The monoisotopic (exact) mass is 332 g/mol. The summed E-state index contributed by atoms with van der Waals surface area (Å²) in [7, 11) is 0. The topological polar surface area (TPSA) is 52.6 Å². The Kier molecular flexibility index (Phi) is 4.42. The summed E-state index contributed by atoms with van der Waals surface area (Å²) in [6.07, 6.45) is 0.685. The van der Waals surface area contributed by atoms with Gasteiger partial charge in [-0.2, -0.15) is 0 Å². The zero-order valence-corrected chi connectivity index (χ0v) is 12.7. The molecule has 1 aromatic rings. The number of aryl methyl sites for hydroxylation is 2. The van der Waals surface area contributed by atoms with Crippen LogP contribution in [0.2, 0.25) is 0 Å². The second-order valence-electron chi connectivity index (χ2n) is 4.50. The van der Waals surface area contributed by atoms with Crippen molar-refractivity contribution in [1.29, 1.82) is 0 Å². The van der Waals surface area contributed by atoms with Crippen LogP contribution in [0.15, 0.2) is 16.6 Å². The van der Waals surface area contributed by atoms with Gasteiger partial charge in [-0.15, -0.1) is 0 Å². The smallest absolute Gasteiger partial charge is 0.120 e. The van der Waals surface area contributed by atoms with Gasteiger partial charge in [0.1, 0.15) is 11.9 Å². The molecule has 0 spiro atoms. The van der Waals surface area contributed by atoms with Crippen LogP contribution in [-0.2, 0) is 11.3 Å². The van der Waals surface area contributed by atoms with E-state index in [4.69, 9.17) is 4.74 Å². The van der Waals surface area contributed by atoms with E-state index in [0.29, 0.717) is 13.1 Å². The van der Waals surface area contributed by atoms with Crippen molar-refractivity contribution in [1.82, 2.24) is 4.31 Å². The molecular formula is C12H15BrNO3S-. The van der Waals surface area contributed by atoms with Gasteiger partial charge >= 0.3 is 0 Å². The molecule has 1 aliphatic rings. The summed E-state index contributed by atoms with van der Waals surface area (Å²) in [5.41, 5.74) is 2.24. The minimum atomic E-state index is -2.14. The van der Waals surface area contributed by atoms with Crippen molar-refractivity contribution >= 4 is 27.2 Å². The van der Waals surface area contributed by atoms with Crippen molar-refractivity contribution in [3.05, 3.63) is 27.7 Å². The van der Waals surface area contributed by atoms with Crippen LogP contribution >= 0.6 is 15.9 Å². The van der Waals surface area contributed by atoms with Crippen LogP contribution in [0, 0.1) is 13.8 Å². The van der Waals surface area contributed by atoms with E-state index in [0.717, 1.165) is 27.8 Å². The Morgan fingerprint density at radius 1 is 1.44 bits per heavy atom. The molecule has 2 rings (SSSR count). The van der Waals surface area contributed by atoms with E-state index in [1.807, 2.05) is 26.0 Å². The first-order valence-corrected chi connectivity index (χ1v) is 7.57. The molecule has 1 saturated heterocycles. The van der Waals surface area contributed by atoms with Crippen LogP contribution in [0.4, 0.5) is 0 Å². The average molecular weight is 333 g/mol. The second kappa shape index (κ2) is 5.69. The number of rotatable bonds is 3. The number of nitrogens with zero attached hydrogens (tertiary/aromatic N) is 1. The molecule has 2 atom stereocenters. The van der Waals surface area contributed by atoms with E-state index >= 15 is 0 Å². The Balaban J connectivity index is 2.05. The molecule has 0 bridgehead atoms. The highest BCUT2D eigenvalue weighted by Gasteiger charge is 2.24. The minimum absolute atomic E-state index is 0.0529. The number of hydrogen-bond donors (Lipinski definition) is 0. The third-order valence-electron chi connectivity index (χ3n) is 3.03. The number of hydrogen-bond acceptors (Lipinski definition) is 3. The third kappa shape index (κ3) is 3.12. The fourth-order valence-electron chi connectivity index (χ4n) is 2.10. The van der Waals surface area contributed by atoms with Gasteiger partial charge in [0.2, 0.25) is 0 Å². The fraction of sp³-hybridized carbons (Fsp3) is 0.500. The first-order chi connectivity index (χ1) is 8.47. The molecule has 1 aromatic carbocycles. The van der Waals surface area contributed by atoms with Gasteiger partial charge in [-0.3, -0.25) is 4.21 Å². The molecule has 0 aromatic heterocycles. The molecule has 0 radical (unpaired) electrons. The zero-order valence-electron chi connectivity index (χ0n) is 10.3. The average Bonchev–Trinajstić information content (AvgIpc) is 2.74. The molecule has 18 heavy (non-hydrogen) atoms. The summed E-state index contributed by atoms with van der Waals surface area (Å²) >= 11 is 1.37. The quantitative estimate of drug-likeness (QED) is 0.798. The molecule has 0 N–H and O–H groups in total. The summed E-state index contributed by atoms with van der Waals surface area (Å²) < 4.78 is 29.9. The van der Waals surface area contributed by atoms with Crippen LogP contribution < -0.4 is 4.74 Å². The summed E-state index contributed by atoms with van der Waals surface area (Å²) in [5.74, 6) is 0.803. The maximum absolute atomic E-state index is 10.8. The highest BCUT2D eigenvalue weighted by Crippen LogP contribution is 2.28. The van der Waals surface area contributed by atoms with Crippen molar-refractivity contribution < 1.29 is 13.5 Å². The van der Waals surface area contributed by atoms with Gasteiger partial charge in [0.15, 0.2) is 0 Å². The molecule has 0 aliphatic carbocycles. The van der Waals surface area contributed by atoms with Crippen LogP contribution in [0.25, 0.3) is 0 Å². The highest BCUT2D eigenvalue weighted by molar-refractivity contribution is 9.10. The van der Waals surface area contributed by atoms with Gasteiger partial charge in [0.25, 0.3) is 0 Å².